The predicted octanol–water partition coefficient (Wildman–Crippen LogP) is 5.86. The highest BCUT2D eigenvalue weighted by Gasteiger charge is 2.17. The van der Waals surface area contributed by atoms with Crippen molar-refractivity contribution < 1.29 is 48.0 Å². The van der Waals surface area contributed by atoms with Gasteiger partial charge in [0.2, 0.25) is 0 Å². The lowest BCUT2D eigenvalue weighted by Gasteiger charge is -2.11. The number of carbonyl (C=O) groups is 4. The zero-order chi connectivity index (χ0) is 32.0. The number of esters is 3. The summed E-state index contributed by atoms with van der Waals surface area (Å²) in [6.07, 6.45) is 5.39. The lowest BCUT2D eigenvalue weighted by atomic mass is 10.0. The molecule has 10 nitrogen and oxygen atoms in total. The van der Waals surface area contributed by atoms with Crippen molar-refractivity contribution in [1.82, 2.24) is 0 Å². The molecule has 0 spiro atoms. The van der Waals surface area contributed by atoms with Gasteiger partial charge in [-0.25, -0.2) is 9.59 Å². The van der Waals surface area contributed by atoms with E-state index in [1.54, 1.807) is 30.3 Å². The summed E-state index contributed by atoms with van der Waals surface area (Å²) in [6, 6.07) is 9.69. The van der Waals surface area contributed by atoms with Crippen molar-refractivity contribution in [2.75, 3.05) is 46.3 Å². The number of hydrogen-bond acceptors (Lipinski definition) is 9. The Balaban J connectivity index is 0.000000430. The Bertz CT molecular complexity index is 1170. The molecule has 0 unspecified atom stereocenters. The molecule has 0 aliphatic heterocycles. The number of carboxylic acids is 1. The largest absolute Gasteiger partial charge is 0.494 e. The van der Waals surface area contributed by atoms with E-state index in [2.05, 4.69) is 9.47 Å². The fourth-order valence-electron chi connectivity index (χ4n) is 3.75. The molecule has 0 fully saturated rings. The molecule has 238 valence electrons. The number of rotatable bonds is 18. The minimum atomic E-state index is -1.01. The molecule has 0 aromatic heterocycles. The number of ether oxygens (including phenoxy) is 5. The Morgan fingerprint density at radius 1 is 0.628 bits per heavy atom. The van der Waals surface area contributed by atoms with E-state index >= 15 is 0 Å². The van der Waals surface area contributed by atoms with Crippen LogP contribution < -0.4 is 9.47 Å². The Morgan fingerprint density at radius 3 is 1.44 bits per heavy atom. The third-order valence-corrected chi connectivity index (χ3v) is 6.50. The van der Waals surface area contributed by atoms with Crippen LogP contribution in [-0.4, -0.2) is 75.3 Å². The van der Waals surface area contributed by atoms with Crippen molar-refractivity contribution in [3.8, 4) is 11.5 Å². The number of halogens is 2. The molecule has 0 heterocycles. The van der Waals surface area contributed by atoms with Crippen LogP contribution in [0.25, 0.3) is 0 Å². The maximum Gasteiger partial charge on any atom is 0.338 e. The van der Waals surface area contributed by atoms with E-state index in [9.17, 15) is 19.2 Å². The molecule has 0 amide bonds. The molecular formula is C31H40Cl2O10. The Kier molecular flexibility index (Phi) is 19.3. The van der Waals surface area contributed by atoms with Crippen LogP contribution >= 0.6 is 23.2 Å². The van der Waals surface area contributed by atoms with Crippen LogP contribution in [0.15, 0.2) is 36.4 Å². The van der Waals surface area contributed by atoms with Crippen LogP contribution in [-0.2, 0) is 36.6 Å². The average Bonchev–Trinajstić information content (AvgIpc) is 3.00. The Hall–Kier alpha value is -3.50. The summed E-state index contributed by atoms with van der Waals surface area (Å²) in [5.41, 5.74) is 1.49. The quantitative estimate of drug-likeness (QED) is 0.0910. The molecule has 1 N–H and O–H groups in total. The van der Waals surface area contributed by atoms with E-state index in [1.807, 2.05) is 0 Å². The molecule has 2 aromatic rings. The van der Waals surface area contributed by atoms with Gasteiger partial charge in [0.15, 0.2) is 0 Å². The highest BCUT2D eigenvalue weighted by atomic mass is 35.5. The fourth-order valence-corrected chi connectivity index (χ4v) is 4.13. The molecule has 0 atom stereocenters. The van der Waals surface area contributed by atoms with Gasteiger partial charge in [0.1, 0.15) is 11.5 Å². The summed E-state index contributed by atoms with van der Waals surface area (Å²) < 4.78 is 25.2. The number of unbranched alkanes of at least 4 members (excludes halogenated alkanes) is 4. The first-order valence-electron chi connectivity index (χ1n) is 13.8. The van der Waals surface area contributed by atoms with E-state index in [0.717, 1.165) is 38.5 Å². The normalized spacial score (nSPS) is 10.2. The van der Waals surface area contributed by atoms with E-state index < -0.39 is 23.9 Å². The van der Waals surface area contributed by atoms with Crippen molar-refractivity contribution in [1.29, 1.82) is 0 Å². The minimum Gasteiger partial charge on any atom is -0.494 e. The predicted molar refractivity (Wildman–Crippen MR) is 163 cm³/mol. The highest BCUT2D eigenvalue weighted by molar-refractivity contribution is 6.18. The summed E-state index contributed by atoms with van der Waals surface area (Å²) in [5.74, 6) is -0.0493. The van der Waals surface area contributed by atoms with E-state index in [4.69, 9.17) is 42.5 Å². The van der Waals surface area contributed by atoms with Crippen LogP contribution in [0.1, 0.15) is 70.4 Å². The van der Waals surface area contributed by atoms with Gasteiger partial charge in [-0.2, -0.15) is 0 Å². The maximum atomic E-state index is 11.7. The molecule has 2 aromatic carbocycles. The average molecular weight is 644 g/mol. The lowest BCUT2D eigenvalue weighted by molar-refractivity contribution is -0.140. The van der Waals surface area contributed by atoms with Crippen LogP contribution in [0.3, 0.4) is 0 Å². The topological polar surface area (TPSA) is 135 Å². The van der Waals surface area contributed by atoms with Crippen molar-refractivity contribution in [2.24, 2.45) is 0 Å². The molecule has 0 bridgehead atoms. The third kappa shape index (κ3) is 15.0. The van der Waals surface area contributed by atoms with Crippen molar-refractivity contribution in [3.05, 3.63) is 58.7 Å². The molecule has 0 aliphatic rings. The first-order valence-corrected chi connectivity index (χ1v) is 14.9. The Labute approximate surface area is 262 Å². The molecule has 0 radical (unpaired) electrons. The van der Waals surface area contributed by atoms with Gasteiger partial charge in [0, 0.05) is 11.8 Å². The molecule has 0 saturated carbocycles. The van der Waals surface area contributed by atoms with Crippen molar-refractivity contribution in [3.63, 3.8) is 0 Å². The summed E-state index contributed by atoms with van der Waals surface area (Å²) in [7, 11) is 3.86. The lowest BCUT2D eigenvalue weighted by Crippen LogP contribution is -2.11. The molecule has 12 heteroatoms. The summed E-state index contributed by atoms with van der Waals surface area (Å²) in [5, 5.41) is 8.90. The highest BCUT2D eigenvalue weighted by Crippen LogP contribution is 2.21. The number of aliphatic carboxylic acids is 1. The number of methoxy groups -OCH3 is 3. The molecule has 0 aliphatic carbocycles. The van der Waals surface area contributed by atoms with E-state index in [1.165, 1.54) is 27.4 Å². The van der Waals surface area contributed by atoms with Gasteiger partial charge >= 0.3 is 23.9 Å². The van der Waals surface area contributed by atoms with Crippen LogP contribution in [0.4, 0.5) is 0 Å². The first-order chi connectivity index (χ1) is 20.7. The maximum absolute atomic E-state index is 11.7. The second-order valence-electron chi connectivity index (χ2n) is 9.14. The van der Waals surface area contributed by atoms with Crippen LogP contribution in [0.5, 0.6) is 11.5 Å². The number of alkyl halides is 2. The summed E-state index contributed by atoms with van der Waals surface area (Å²) in [4.78, 5) is 45.6. The number of hydrogen-bond donors (Lipinski definition) is 1. The standard InChI is InChI=1S/C16H21ClO5.C15H19ClO5/c1-20-15(18)11-12-10-13(22-9-5-3-4-8-17)6-7-14(12)16(19)21-2;1-20-15(19)13-6-5-12(9-11(13)10-14(17)18)21-8-4-2-3-7-16/h6-7,10H,3-5,8-9,11H2,1-2H3;5-6,9H,2-4,7-8,10H2,1H3,(H,17,18). The summed E-state index contributed by atoms with van der Waals surface area (Å²) >= 11 is 11.2. The van der Waals surface area contributed by atoms with Gasteiger partial charge in [-0.15, -0.1) is 23.2 Å². The third-order valence-electron chi connectivity index (χ3n) is 5.96. The number of carbonyl (C=O) groups excluding carboxylic acids is 3. The van der Waals surface area contributed by atoms with Gasteiger partial charge < -0.3 is 28.8 Å². The monoisotopic (exact) mass is 642 g/mol. The minimum absolute atomic E-state index is 0.00954. The van der Waals surface area contributed by atoms with E-state index in [-0.39, 0.29) is 18.4 Å². The van der Waals surface area contributed by atoms with Gasteiger partial charge in [0.05, 0.1) is 58.5 Å². The second kappa shape index (κ2) is 22.1. The van der Waals surface area contributed by atoms with Gasteiger partial charge in [-0.05, 0) is 86.1 Å². The summed E-state index contributed by atoms with van der Waals surface area (Å²) in [6.45, 7) is 1.09. The number of benzene rings is 2. The smallest absolute Gasteiger partial charge is 0.338 e. The first kappa shape index (κ1) is 37.5. The SMILES string of the molecule is COC(=O)Cc1cc(OCCCCCCl)ccc1C(=O)OC.COC(=O)c1ccc(OCCCCCCl)cc1CC(=O)O. The number of carboxylic acid groups (broad SMARTS) is 1. The molecule has 43 heavy (non-hydrogen) atoms. The zero-order valence-corrected chi connectivity index (χ0v) is 26.3. The molecular weight excluding hydrogens is 603 g/mol. The van der Waals surface area contributed by atoms with Gasteiger partial charge in [0.25, 0.3) is 0 Å². The van der Waals surface area contributed by atoms with Crippen molar-refractivity contribution >= 4 is 47.1 Å². The van der Waals surface area contributed by atoms with Crippen molar-refractivity contribution in [2.45, 2.75) is 51.4 Å². The van der Waals surface area contributed by atoms with Gasteiger partial charge in [-0.1, -0.05) is 0 Å². The molecule has 0 saturated heterocycles. The zero-order valence-electron chi connectivity index (χ0n) is 24.8. The Morgan fingerprint density at radius 2 is 1.07 bits per heavy atom. The molecule has 2 rings (SSSR count). The fraction of sp³-hybridized carbons (Fsp3) is 0.484. The van der Waals surface area contributed by atoms with E-state index in [0.29, 0.717) is 53.2 Å². The second-order valence-corrected chi connectivity index (χ2v) is 9.90. The van der Waals surface area contributed by atoms with Crippen LogP contribution in [0, 0.1) is 0 Å². The van der Waals surface area contributed by atoms with Crippen LogP contribution in [0.2, 0.25) is 0 Å². The van der Waals surface area contributed by atoms with Gasteiger partial charge in [-0.3, -0.25) is 9.59 Å².